The fourth-order valence-corrected chi connectivity index (χ4v) is 4.54. The number of aliphatic hydroxyl groups is 1. The van der Waals surface area contributed by atoms with Gasteiger partial charge < -0.3 is 10.0 Å². The summed E-state index contributed by atoms with van der Waals surface area (Å²) in [4.78, 5) is 16.2. The van der Waals surface area contributed by atoms with E-state index in [9.17, 15) is 15.2 Å². The first kappa shape index (κ1) is 14.7. The van der Waals surface area contributed by atoms with Crippen molar-refractivity contribution in [1.82, 2.24) is 4.90 Å². The largest absolute Gasteiger partial charge is 0.388 e. The van der Waals surface area contributed by atoms with Crippen LogP contribution >= 0.6 is 11.3 Å². The molecule has 2 unspecified atom stereocenters. The van der Waals surface area contributed by atoms with Gasteiger partial charge in [0, 0.05) is 36.1 Å². The van der Waals surface area contributed by atoms with Crippen LogP contribution in [-0.2, 0) is 0 Å². The van der Waals surface area contributed by atoms with E-state index in [4.69, 9.17) is 0 Å². The zero-order valence-electron chi connectivity index (χ0n) is 12.4. The van der Waals surface area contributed by atoms with E-state index in [1.54, 1.807) is 6.92 Å². The van der Waals surface area contributed by atoms with Crippen LogP contribution in [-0.4, -0.2) is 47.2 Å². The normalized spacial score (nSPS) is 27.7. The lowest BCUT2D eigenvalue weighted by Gasteiger charge is -2.25. The molecular formula is C14H21N3O3S. The van der Waals surface area contributed by atoms with E-state index in [0.29, 0.717) is 22.0 Å². The Morgan fingerprint density at radius 1 is 1.43 bits per heavy atom. The number of hydrogen-bond donors (Lipinski definition) is 1. The van der Waals surface area contributed by atoms with Gasteiger partial charge in [0.15, 0.2) is 5.00 Å². The van der Waals surface area contributed by atoms with Gasteiger partial charge in [0.25, 0.3) is 0 Å². The van der Waals surface area contributed by atoms with Crippen molar-refractivity contribution in [1.29, 1.82) is 0 Å². The van der Waals surface area contributed by atoms with Crippen LogP contribution in [0, 0.1) is 10.1 Å². The summed E-state index contributed by atoms with van der Waals surface area (Å²) >= 11 is 1.36. The van der Waals surface area contributed by atoms with Crippen LogP contribution in [0.5, 0.6) is 0 Å². The first-order valence-corrected chi connectivity index (χ1v) is 8.22. The fraction of sp³-hybridized carbons (Fsp3) is 0.714. The predicted molar refractivity (Wildman–Crippen MR) is 83.0 cm³/mol. The highest BCUT2D eigenvalue weighted by molar-refractivity contribution is 7.16. The van der Waals surface area contributed by atoms with Crippen molar-refractivity contribution in [2.45, 2.75) is 44.4 Å². The highest BCUT2D eigenvalue weighted by Crippen LogP contribution is 2.42. The summed E-state index contributed by atoms with van der Waals surface area (Å²) in [6, 6.07) is 2.61. The third-order valence-corrected chi connectivity index (χ3v) is 6.11. The third kappa shape index (κ3) is 2.65. The summed E-state index contributed by atoms with van der Waals surface area (Å²) in [7, 11) is 2.16. The van der Waals surface area contributed by atoms with Gasteiger partial charge in [0.1, 0.15) is 0 Å². The minimum atomic E-state index is -0.659. The Labute approximate surface area is 128 Å². The Kier molecular flexibility index (Phi) is 3.90. The van der Waals surface area contributed by atoms with Crippen LogP contribution < -0.4 is 4.90 Å². The molecular weight excluding hydrogens is 290 g/mol. The second kappa shape index (κ2) is 5.55. The van der Waals surface area contributed by atoms with Gasteiger partial charge in [-0.2, -0.15) is 0 Å². The Morgan fingerprint density at radius 3 is 2.81 bits per heavy atom. The maximum Gasteiger partial charge on any atom is 0.304 e. The number of hydrogen-bond acceptors (Lipinski definition) is 6. The topological polar surface area (TPSA) is 69.8 Å². The fourth-order valence-electron chi connectivity index (χ4n) is 3.45. The summed E-state index contributed by atoms with van der Waals surface area (Å²) in [5.41, 5.74) is 0.135. The van der Waals surface area contributed by atoms with E-state index in [1.807, 2.05) is 0 Å². The molecule has 3 atom stereocenters. The van der Waals surface area contributed by atoms with Crippen molar-refractivity contribution in [3.63, 3.8) is 0 Å². The van der Waals surface area contributed by atoms with Crippen molar-refractivity contribution in [3.8, 4) is 0 Å². The van der Waals surface area contributed by atoms with Crippen molar-refractivity contribution >= 4 is 22.0 Å². The SMILES string of the molecule is C[C@H](O)c1cc([N+](=O)[O-])c(N2CCC3CCC(C2)N3C)s1. The van der Waals surface area contributed by atoms with E-state index >= 15 is 0 Å². The molecule has 0 saturated carbocycles. The predicted octanol–water partition coefficient (Wildman–Crippen LogP) is 2.38. The Bertz CT molecular complexity index is 546. The Balaban J connectivity index is 1.91. The quantitative estimate of drug-likeness (QED) is 0.685. The molecule has 2 saturated heterocycles. The number of thiophene rings is 1. The van der Waals surface area contributed by atoms with Crippen LogP contribution in [0.4, 0.5) is 10.7 Å². The molecule has 116 valence electrons. The minimum Gasteiger partial charge on any atom is -0.388 e. The molecule has 3 rings (SSSR count). The van der Waals surface area contributed by atoms with Crippen LogP contribution in [0.1, 0.15) is 37.2 Å². The van der Waals surface area contributed by atoms with Crippen LogP contribution in [0.25, 0.3) is 0 Å². The van der Waals surface area contributed by atoms with Crippen molar-refractivity contribution < 1.29 is 10.0 Å². The first-order chi connectivity index (χ1) is 9.97. The van der Waals surface area contributed by atoms with Gasteiger partial charge in [-0.25, -0.2) is 0 Å². The standard InChI is InChI=1S/C14H21N3O3S/c1-9(18)13-7-12(17(19)20)14(21-13)16-6-5-10-3-4-11(8-16)15(10)2/h7,9-11,18H,3-6,8H2,1-2H3/t9-,10?,11?/m0/s1. The summed E-state index contributed by atoms with van der Waals surface area (Å²) in [6.07, 6.45) is 2.79. The lowest BCUT2D eigenvalue weighted by atomic mass is 10.1. The molecule has 2 aliphatic heterocycles. The number of likely N-dealkylation sites (N-methyl/N-ethyl adjacent to an activating group) is 1. The van der Waals surface area contributed by atoms with Gasteiger partial charge in [-0.3, -0.25) is 15.0 Å². The number of anilines is 1. The highest BCUT2D eigenvalue weighted by Gasteiger charge is 2.37. The molecule has 2 bridgehead atoms. The molecule has 2 aliphatic rings. The summed E-state index contributed by atoms with van der Waals surface area (Å²) in [5, 5.41) is 21.7. The van der Waals surface area contributed by atoms with Gasteiger partial charge in [-0.1, -0.05) is 0 Å². The van der Waals surface area contributed by atoms with Gasteiger partial charge in [0.05, 0.1) is 11.0 Å². The summed E-state index contributed by atoms with van der Waals surface area (Å²) in [6.45, 7) is 3.34. The molecule has 1 aromatic heterocycles. The highest BCUT2D eigenvalue weighted by atomic mass is 32.1. The number of nitrogens with zero attached hydrogens (tertiary/aromatic N) is 3. The monoisotopic (exact) mass is 311 g/mol. The molecule has 0 radical (unpaired) electrons. The van der Waals surface area contributed by atoms with Crippen molar-refractivity contribution in [2.75, 3.05) is 25.0 Å². The molecule has 7 heteroatoms. The summed E-state index contributed by atoms with van der Waals surface area (Å²) in [5.74, 6) is 0. The van der Waals surface area contributed by atoms with E-state index in [-0.39, 0.29) is 10.6 Å². The number of rotatable bonds is 3. The van der Waals surface area contributed by atoms with Gasteiger partial charge in [-0.15, -0.1) is 11.3 Å². The molecule has 3 heterocycles. The number of aliphatic hydroxyl groups excluding tert-OH is 1. The molecule has 0 aliphatic carbocycles. The smallest absolute Gasteiger partial charge is 0.304 e. The van der Waals surface area contributed by atoms with Crippen LogP contribution in [0.3, 0.4) is 0 Å². The Morgan fingerprint density at radius 2 is 2.14 bits per heavy atom. The lowest BCUT2D eigenvalue weighted by molar-refractivity contribution is -0.383. The molecule has 1 aromatic rings. The maximum absolute atomic E-state index is 11.3. The Hall–Kier alpha value is -1.18. The van der Waals surface area contributed by atoms with E-state index in [1.165, 1.54) is 30.2 Å². The van der Waals surface area contributed by atoms with Crippen molar-refractivity contribution in [2.24, 2.45) is 0 Å². The molecule has 6 nitrogen and oxygen atoms in total. The zero-order valence-corrected chi connectivity index (χ0v) is 13.2. The molecule has 2 fully saturated rings. The van der Waals surface area contributed by atoms with Crippen LogP contribution in [0.15, 0.2) is 6.07 Å². The second-order valence-electron chi connectivity index (χ2n) is 6.06. The van der Waals surface area contributed by atoms with Gasteiger partial charge in [0.2, 0.25) is 0 Å². The average molecular weight is 311 g/mol. The van der Waals surface area contributed by atoms with Gasteiger partial charge >= 0.3 is 5.69 Å². The lowest BCUT2D eigenvalue weighted by Crippen LogP contribution is -2.36. The minimum absolute atomic E-state index is 0.135. The molecule has 0 aromatic carbocycles. The maximum atomic E-state index is 11.3. The first-order valence-electron chi connectivity index (χ1n) is 7.40. The summed E-state index contributed by atoms with van der Waals surface area (Å²) < 4.78 is 0. The van der Waals surface area contributed by atoms with E-state index in [2.05, 4.69) is 16.8 Å². The van der Waals surface area contributed by atoms with E-state index in [0.717, 1.165) is 19.5 Å². The van der Waals surface area contributed by atoms with E-state index < -0.39 is 6.10 Å². The molecule has 21 heavy (non-hydrogen) atoms. The third-order valence-electron chi connectivity index (χ3n) is 4.76. The molecule has 0 spiro atoms. The van der Waals surface area contributed by atoms with Crippen LogP contribution in [0.2, 0.25) is 0 Å². The van der Waals surface area contributed by atoms with Crippen molar-refractivity contribution in [3.05, 3.63) is 21.1 Å². The zero-order chi connectivity index (χ0) is 15.1. The second-order valence-corrected chi connectivity index (χ2v) is 7.12. The number of fused-ring (bicyclic) bond motifs is 2. The van der Waals surface area contributed by atoms with Gasteiger partial charge in [-0.05, 0) is 33.2 Å². The molecule has 1 N–H and O–H groups in total. The molecule has 0 amide bonds. The number of nitro groups is 1. The average Bonchev–Trinajstić information content (AvgIpc) is 2.93.